The number of hydrogen-bond acceptors (Lipinski definition) is 6. The van der Waals surface area contributed by atoms with Gasteiger partial charge in [0, 0.05) is 31.6 Å². The number of nitrogens with zero attached hydrogens (tertiary/aromatic N) is 3. The van der Waals surface area contributed by atoms with E-state index in [1.807, 2.05) is 0 Å². The summed E-state index contributed by atoms with van der Waals surface area (Å²) in [6.45, 7) is 0.429. The van der Waals surface area contributed by atoms with Crippen molar-refractivity contribution in [3.63, 3.8) is 0 Å². The third-order valence-electron chi connectivity index (χ3n) is 3.29. The zero-order chi connectivity index (χ0) is 15.6. The molecule has 2 rings (SSSR count). The van der Waals surface area contributed by atoms with E-state index in [1.165, 1.54) is 20.5 Å². The average molecular weight is 332 g/mol. The van der Waals surface area contributed by atoms with Crippen molar-refractivity contribution in [1.29, 1.82) is 0 Å². The van der Waals surface area contributed by atoms with Gasteiger partial charge in [-0.3, -0.25) is 9.59 Å². The van der Waals surface area contributed by atoms with Crippen LogP contribution in [0.25, 0.3) is 0 Å². The third-order valence-corrected chi connectivity index (χ3v) is 5.15. The Hall–Kier alpha value is -1.52. The summed E-state index contributed by atoms with van der Waals surface area (Å²) in [5.41, 5.74) is 7.14. The highest BCUT2D eigenvalue weighted by Crippen LogP contribution is 2.15. The van der Waals surface area contributed by atoms with Gasteiger partial charge in [0.2, 0.25) is 15.9 Å². The summed E-state index contributed by atoms with van der Waals surface area (Å²) in [5.74, 6) is -1.68. The molecule has 10 heteroatoms. The summed E-state index contributed by atoms with van der Waals surface area (Å²) in [6, 6.07) is 0. The second kappa shape index (κ2) is 6.08. The number of sulfonamides is 1. The first kappa shape index (κ1) is 15.9. The van der Waals surface area contributed by atoms with Crippen LogP contribution in [0.5, 0.6) is 0 Å². The SMILES string of the molecule is CS(=O)(=O)N1CCN(C(=O)c2cscn2)C[C@H](C(N)=O)C1. The van der Waals surface area contributed by atoms with Crippen molar-refractivity contribution in [2.45, 2.75) is 0 Å². The Morgan fingerprint density at radius 1 is 1.38 bits per heavy atom. The van der Waals surface area contributed by atoms with Gasteiger partial charge in [0.1, 0.15) is 5.69 Å². The van der Waals surface area contributed by atoms with Gasteiger partial charge in [-0.2, -0.15) is 4.31 Å². The van der Waals surface area contributed by atoms with Gasteiger partial charge in [0.05, 0.1) is 17.7 Å². The lowest BCUT2D eigenvalue weighted by molar-refractivity contribution is -0.122. The fraction of sp³-hybridized carbons (Fsp3) is 0.545. The number of primary amides is 1. The van der Waals surface area contributed by atoms with Crippen molar-refractivity contribution in [2.75, 3.05) is 32.4 Å². The van der Waals surface area contributed by atoms with Crippen LogP contribution in [0.2, 0.25) is 0 Å². The van der Waals surface area contributed by atoms with Crippen LogP contribution < -0.4 is 5.73 Å². The van der Waals surface area contributed by atoms with Gasteiger partial charge in [-0.15, -0.1) is 11.3 Å². The molecule has 0 aliphatic carbocycles. The van der Waals surface area contributed by atoms with Crippen LogP contribution in [0.1, 0.15) is 10.5 Å². The lowest BCUT2D eigenvalue weighted by atomic mass is 10.1. The van der Waals surface area contributed by atoms with E-state index in [9.17, 15) is 18.0 Å². The second-order valence-electron chi connectivity index (χ2n) is 4.85. The summed E-state index contributed by atoms with van der Waals surface area (Å²) in [4.78, 5) is 29.1. The highest BCUT2D eigenvalue weighted by Gasteiger charge is 2.32. The van der Waals surface area contributed by atoms with E-state index >= 15 is 0 Å². The van der Waals surface area contributed by atoms with Crippen molar-refractivity contribution in [2.24, 2.45) is 11.7 Å². The highest BCUT2D eigenvalue weighted by molar-refractivity contribution is 7.88. The first-order chi connectivity index (χ1) is 9.79. The molecule has 1 aliphatic rings. The van der Waals surface area contributed by atoms with E-state index in [1.54, 1.807) is 10.9 Å². The maximum atomic E-state index is 12.3. The van der Waals surface area contributed by atoms with Gasteiger partial charge in [0.25, 0.3) is 5.91 Å². The first-order valence-corrected chi connectivity index (χ1v) is 9.00. The van der Waals surface area contributed by atoms with Crippen molar-refractivity contribution in [1.82, 2.24) is 14.2 Å². The Bertz CT molecular complexity index is 629. The first-order valence-electron chi connectivity index (χ1n) is 6.21. The fourth-order valence-corrected chi connectivity index (χ4v) is 3.52. The molecule has 116 valence electrons. The lowest BCUT2D eigenvalue weighted by Crippen LogP contribution is -2.41. The van der Waals surface area contributed by atoms with Gasteiger partial charge in [-0.25, -0.2) is 13.4 Å². The molecule has 0 aromatic carbocycles. The molecule has 1 saturated heterocycles. The Labute approximate surface area is 126 Å². The van der Waals surface area contributed by atoms with Crippen molar-refractivity contribution >= 4 is 33.2 Å². The lowest BCUT2D eigenvalue weighted by Gasteiger charge is -2.21. The van der Waals surface area contributed by atoms with Crippen LogP contribution in [0.15, 0.2) is 10.9 Å². The number of nitrogens with two attached hydrogens (primary N) is 1. The number of thiazole rings is 1. The zero-order valence-electron chi connectivity index (χ0n) is 11.4. The monoisotopic (exact) mass is 332 g/mol. The van der Waals surface area contributed by atoms with Crippen molar-refractivity contribution in [3.05, 3.63) is 16.6 Å². The molecule has 2 heterocycles. The molecule has 2 N–H and O–H groups in total. The second-order valence-corrected chi connectivity index (χ2v) is 7.55. The van der Waals surface area contributed by atoms with E-state index in [4.69, 9.17) is 5.73 Å². The number of hydrogen-bond donors (Lipinski definition) is 1. The van der Waals surface area contributed by atoms with Crippen LogP contribution in [0, 0.1) is 5.92 Å². The largest absolute Gasteiger partial charge is 0.369 e. The van der Waals surface area contributed by atoms with Crippen LogP contribution in [-0.2, 0) is 14.8 Å². The topological polar surface area (TPSA) is 114 Å². The summed E-state index contributed by atoms with van der Waals surface area (Å²) >= 11 is 1.29. The number of amides is 2. The molecule has 1 aliphatic heterocycles. The maximum Gasteiger partial charge on any atom is 0.273 e. The summed E-state index contributed by atoms with van der Waals surface area (Å²) in [7, 11) is -3.44. The zero-order valence-corrected chi connectivity index (χ0v) is 13.1. The van der Waals surface area contributed by atoms with Gasteiger partial charge >= 0.3 is 0 Å². The van der Waals surface area contributed by atoms with Gasteiger partial charge in [-0.1, -0.05) is 0 Å². The van der Waals surface area contributed by atoms with E-state index in [2.05, 4.69) is 4.98 Å². The standard InChI is InChI=1S/C11H16N4O4S2/c1-21(18,19)15-3-2-14(4-8(5-15)10(12)16)11(17)9-6-20-7-13-9/h6-8H,2-5H2,1H3,(H2,12,16)/t8-/m0/s1. The Morgan fingerprint density at radius 3 is 2.62 bits per heavy atom. The minimum Gasteiger partial charge on any atom is -0.369 e. The van der Waals surface area contributed by atoms with E-state index in [0.29, 0.717) is 0 Å². The van der Waals surface area contributed by atoms with Crippen molar-refractivity contribution in [3.8, 4) is 0 Å². The average Bonchev–Trinajstić information content (AvgIpc) is 2.81. The highest BCUT2D eigenvalue weighted by atomic mass is 32.2. The number of rotatable bonds is 3. The number of aromatic nitrogens is 1. The predicted molar refractivity (Wildman–Crippen MR) is 77.1 cm³/mol. The minimum absolute atomic E-state index is 0.00495. The van der Waals surface area contributed by atoms with E-state index in [-0.39, 0.29) is 37.8 Å². The molecular weight excluding hydrogens is 316 g/mol. The summed E-state index contributed by atoms with van der Waals surface area (Å²) < 4.78 is 24.5. The van der Waals surface area contributed by atoms with Crippen LogP contribution in [-0.4, -0.2) is 66.9 Å². The molecule has 1 fully saturated rings. The van der Waals surface area contributed by atoms with Crippen LogP contribution >= 0.6 is 11.3 Å². The van der Waals surface area contributed by atoms with E-state index < -0.39 is 21.8 Å². The van der Waals surface area contributed by atoms with Gasteiger partial charge in [-0.05, 0) is 0 Å². The van der Waals surface area contributed by atoms with Crippen molar-refractivity contribution < 1.29 is 18.0 Å². The van der Waals surface area contributed by atoms with Gasteiger partial charge in [0.15, 0.2) is 0 Å². The minimum atomic E-state index is -3.44. The summed E-state index contributed by atoms with van der Waals surface area (Å²) in [6.07, 6.45) is 1.07. The van der Waals surface area contributed by atoms with Gasteiger partial charge < -0.3 is 10.6 Å². The molecule has 1 aromatic heterocycles. The Kier molecular flexibility index (Phi) is 4.59. The smallest absolute Gasteiger partial charge is 0.273 e. The number of carbonyl (C=O) groups excluding carboxylic acids is 2. The van der Waals surface area contributed by atoms with Crippen LogP contribution in [0.4, 0.5) is 0 Å². The Balaban J connectivity index is 2.22. The molecule has 0 spiro atoms. The molecule has 8 nitrogen and oxygen atoms in total. The molecule has 0 radical (unpaired) electrons. The number of carbonyl (C=O) groups is 2. The molecule has 1 aromatic rings. The quantitative estimate of drug-likeness (QED) is 0.759. The normalized spacial score (nSPS) is 21.0. The molecule has 21 heavy (non-hydrogen) atoms. The fourth-order valence-electron chi connectivity index (χ4n) is 2.13. The van der Waals surface area contributed by atoms with E-state index in [0.717, 1.165) is 6.26 Å². The molecular formula is C11H16N4O4S2. The molecule has 0 saturated carbocycles. The molecule has 1 atom stereocenters. The molecule has 0 unspecified atom stereocenters. The predicted octanol–water partition coefficient (Wildman–Crippen LogP) is -1.04. The summed E-state index contributed by atoms with van der Waals surface area (Å²) in [5, 5.41) is 1.61. The maximum absolute atomic E-state index is 12.3. The van der Waals surface area contributed by atoms with Crippen LogP contribution in [0.3, 0.4) is 0 Å². The third kappa shape index (κ3) is 3.77. The molecule has 0 bridgehead atoms. The molecule has 2 amide bonds. The Morgan fingerprint density at radius 2 is 2.10 bits per heavy atom.